The van der Waals surface area contributed by atoms with E-state index in [-0.39, 0.29) is 15.7 Å². The Bertz CT molecular complexity index is 910. The second-order valence-corrected chi connectivity index (χ2v) is 7.08. The molecule has 0 radical (unpaired) electrons. The molecule has 0 saturated carbocycles. The van der Waals surface area contributed by atoms with Crippen molar-refractivity contribution in [3.8, 4) is 0 Å². The van der Waals surface area contributed by atoms with Gasteiger partial charge in [-0.1, -0.05) is 41.4 Å². The Balaban J connectivity index is 1.75. The molecular weight excluding hydrogens is 359 g/mol. The van der Waals surface area contributed by atoms with Gasteiger partial charge in [-0.2, -0.15) is 0 Å². The lowest BCUT2D eigenvalue weighted by atomic mass is 10.1. The number of ether oxygens (including phenoxy) is 1. The lowest BCUT2D eigenvalue weighted by Gasteiger charge is -2.02. The number of Topliss-reactive ketones (excluding diaryl/α,β-unsaturated/α-hetero) is 1. The van der Waals surface area contributed by atoms with Crippen LogP contribution < -0.4 is 0 Å². The fourth-order valence-electron chi connectivity index (χ4n) is 2.19. The molecule has 2 heterocycles. The maximum Gasteiger partial charge on any atom is 0.341 e. The quantitative estimate of drug-likeness (QED) is 0.472. The summed E-state index contributed by atoms with van der Waals surface area (Å²) in [7, 11) is 0. The van der Waals surface area contributed by atoms with E-state index < -0.39 is 18.4 Å². The molecule has 1 aromatic carbocycles. The highest BCUT2D eigenvalue weighted by molar-refractivity contribution is 7.20. The second-order valence-electron chi connectivity index (χ2n) is 4.79. The molecule has 0 atom stereocenters. The van der Waals surface area contributed by atoms with Crippen molar-refractivity contribution in [2.24, 2.45) is 0 Å². The van der Waals surface area contributed by atoms with E-state index in [0.717, 1.165) is 22.3 Å². The number of carbonyl (C=O) groups is 2. The predicted octanol–water partition coefficient (Wildman–Crippen LogP) is 5.15. The van der Waals surface area contributed by atoms with Crippen LogP contribution in [0.3, 0.4) is 0 Å². The van der Waals surface area contributed by atoms with Gasteiger partial charge < -0.3 is 9.15 Å². The third-order valence-electron chi connectivity index (χ3n) is 3.31. The Labute approximate surface area is 145 Å². The fourth-order valence-corrected chi connectivity index (χ4v) is 3.63. The molecule has 0 amide bonds. The number of aryl methyl sites for hydroxylation is 1. The highest BCUT2D eigenvalue weighted by Gasteiger charge is 2.21. The van der Waals surface area contributed by atoms with E-state index >= 15 is 0 Å². The average molecular weight is 369 g/mol. The van der Waals surface area contributed by atoms with Crippen LogP contribution in [0.25, 0.3) is 11.0 Å². The van der Waals surface area contributed by atoms with Crippen molar-refractivity contribution in [3.05, 3.63) is 55.9 Å². The number of benzene rings is 1. The number of hydrogen-bond donors (Lipinski definition) is 0. The van der Waals surface area contributed by atoms with Crippen LogP contribution in [0.5, 0.6) is 0 Å². The molecule has 4 nitrogen and oxygen atoms in total. The summed E-state index contributed by atoms with van der Waals surface area (Å²) >= 11 is 12.7. The standard InChI is InChI=1S/C16H10Cl2O4S/c1-8-9-4-2-3-5-12(9)22-14(8)11(19)7-21-16(20)10-6-13(17)23-15(10)18/h2-6H,7H2,1H3. The van der Waals surface area contributed by atoms with Crippen LogP contribution in [0.2, 0.25) is 8.67 Å². The van der Waals surface area contributed by atoms with Crippen LogP contribution in [0.15, 0.2) is 34.7 Å². The number of esters is 1. The van der Waals surface area contributed by atoms with Crippen molar-refractivity contribution in [1.82, 2.24) is 0 Å². The monoisotopic (exact) mass is 368 g/mol. The maximum atomic E-state index is 12.2. The first-order valence-electron chi connectivity index (χ1n) is 6.60. The third kappa shape index (κ3) is 3.13. The molecule has 0 aliphatic carbocycles. The predicted molar refractivity (Wildman–Crippen MR) is 89.9 cm³/mol. The molecule has 3 rings (SSSR count). The van der Waals surface area contributed by atoms with Gasteiger partial charge in [0.05, 0.1) is 9.90 Å². The van der Waals surface area contributed by atoms with Crippen molar-refractivity contribution < 1.29 is 18.7 Å². The molecule has 0 N–H and O–H groups in total. The van der Waals surface area contributed by atoms with E-state index in [4.69, 9.17) is 32.4 Å². The number of halogens is 2. The smallest absolute Gasteiger partial charge is 0.341 e. The van der Waals surface area contributed by atoms with Gasteiger partial charge in [-0.3, -0.25) is 4.79 Å². The van der Waals surface area contributed by atoms with Crippen LogP contribution in [-0.2, 0) is 4.74 Å². The van der Waals surface area contributed by atoms with Crippen molar-refractivity contribution >= 4 is 57.3 Å². The van der Waals surface area contributed by atoms with Gasteiger partial charge in [-0.25, -0.2) is 4.79 Å². The highest BCUT2D eigenvalue weighted by atomic mass is 35.5. The van der Waals surface area contributed by atoms with E-state index in [0.29, 0.717) is 9.92 Å². The summed E-state index contributed by atoms with van der Waals surface area (Å²) in [5.74, 6) is -0.918. The largest absolute Gasteiger partial charge is 0.453 e. The van der Waals surface area contributed by atoms with Crippen molar-refractivity contribution in [1.29, 1.82) is 0 Å². The zero-order chi connectivity index (χ0) is 16.6. The molecule has 0 aliphatic heterocycles. The molecule has 0 aliphatic rings. The van der Waals surface area contributed by atoms with Gasteiger partial charge in [0.2, 0.25) is 5.78 Å². The van der Waals surface area contributed by atoms with E-state index in [9.17, 15) is 9.59 Å². The van der Waals surface area contributed by atoms with E-state index in [1.165, 1.54) is 6.07 Å². The van der Waals surface area contributed by atoms with E-state index in [2.05, 4.69) is 0 Å². The summed E-state index contributed by atoms with van der Waals surface area (Å²) in [4.78, 5) is 24.2. The summed E-state index contributed by atoms with van der Waals surface area (Å²) in [5, 5.41) is 0.856. The normalized spacial score (nSPS) is 10.9. The first-order chi connectivity index (χ1) is 11.0. The Morgan fingerprint density at radius 1 is 1.26 bits per heavy atom. The van der Waals surface area contributed by atoms with Crippen LogP contribution in [0, 0.1) is 6.92 Å². The summed E-state index contributed by atoms with van der Waals surface area (Å²) in [6, 6.07) is 8.74. The molecule has 3 aromatic rings. The average Bonchev–Trinajstić information content (AvgIpc) is 3.05. The van der Waals surface area contributed by atoms with Crippen molar-refractivity contribution in [3.63, 3.8) is 0 Å². The molecule has 0 unspecified atom stereocenters. The summed E-state index contributed by atoms with van der Waals surface area (Å²) < 4.78 is 11.2. The van der Waals surface area contributed by atoms with Gasteiger partial charge >= 0.3 is 5.97 Å². The summed E-state index contributed by atoms with van der Waals surface area (Å²) in [6.45, 7) is 1.36. The molecule has 0 bridgehead atoms. The van der Waals surface area contributed by atoms with E-state index in [1.54, 1.807) is 13.0 Å². The van der Waals surface area contributed by atoms with Gasteiger partial charge in [0.1, 0.15) is 9.92 Å². The molecule has 2 aromatic heterocycles. The van der Waals surface area contributed by atoms with Crippen molar-refractivity contribution in [2.45, 2.75) is 6.92 Å². The molecule has 118 valence electrons. The van der Waals surface area contributed by atoms with Crippen molar-refractivity contribution in [2.75, 3.05) is 6.61 Å². The number of thiophene rings is 1. The van der Waals surface area contributed by atoms with Gasteiger partial charge in [0, 0.05) is 10.9 Å². The summed E-state index contributed by atoms with van der Waals surface area (Å²) in [5.41, 5.74) is 1.49. The van der Waals surface area contributed by atoms with Gasteiger partial charge in [0.25, 0.3) is 0 Å². The van der Waals surface area contributed by atoms with Crippen LogP contribution in [-0.4, -0.2) is 18.4 Å². The van der Waals surface area contributed by atoms with Gasteiger partial charge in [-0.05, 0) is 19.1 Å². The maximum absolute atomic E-state index is 12.2. The molecule has 23 heavy (non-hydrogen) atoms. The Kier molecular flexibility index (Phi) is 4.43. The number of rotatable bonds is 4. The number of para-hydroxylation sites is 1. The Morgan fingerprint density at radius 2 is 2.00 bits per heavy atom. The highest BCUT2D eigenvalue weighted by Crippen LogP contribution is 2.31. The molecular formula is C16H10Cl2O4S. The van der Waals surface area contributed by atoms with Crippen LogP contribution >= 0.6 is 34.5 Å². The first kappa shape index (κ1) is 16.1. The lowest BCUT2D eigenvalue weighted by molar-refractivity contribution is 0.0469. The molecule has 0 fully saturated rings. The minimum Gasteiger partial charge on any atom is -0.453 e. The number of fused-ring (bicyclic) bond motifs is 1. The molecule has 7 heteroatoms. The Hall–Kier alpha value is -1.82. The fraction of sp³-hybridized carbons (Fsp3) is 0.125. The topological polar surface area (TPSA) is 56.5 Å². The number of hydrogen-bond acceptors (Lipinski definition) is 5. The van der Waals surface area contributed by atoms with Gasteiger partial charge in [-0.15, -0.1) is 11.3 Å². The molecule has 0 spiro atoms. The minimum atomic E-state index is -0.694. The summed E-state index contributed by atoms with van der Waals surface area (Å²) in [6.07, 6.45) is 0. The Morgan fingerprint density at radius 3 is 2.65 bits per heavy atom. The lowest BCUT2D eigenvalue weighted by Crippen LogP contribution is -2.14. The number of furan rings is 1. The third-order valence-corrected chi connectivity index (χ3v) is 4.80. The number of ketones is 1. The van der Waals surface area contributed by atoms with Crippen LogP contribution in [0.1, 0.15) is 26.5 Å². The van der Waals surface area contributed by atoms with E-state index in [1.807, 2.05) is 18.2 Å². The SMILES string of the molecule is Cc1c(C(=O)COC(=O)c2cc(Cl)sc2Cl)oc2ccccc12. The second kappa shape index (κ2) is 6.35. The minimum absolute atomic E-state index is 0.149. The zero-order valence-electron chi connectivity index (χ0n) is 11.9. The zero-order valence-corrected chi connectivity index (χ0v) is 14.2. The van der Waals surface area contributed by atoms with Gasteiger partial charge in [0.15, 0.2) is 12.4 Å². The first-order valence-corrected chi connectivity index (χ1v) is 8.18. The molecule has 0 saturated heterocycles. The number of carbonyl (C=O) groups excluding carboxylic acids is 2. The van der Waals surface area contributed by atoms with Crippen LogP contribution in [0.4, 0.5) is 0 Å².